The van der Waals surface area contributed by atoms with Gasteiger partial charge >= 0.3 is 0 Å². The predicted octanol–water partition coefficient (Wildman–Crippen LogP) is 2.52. The van der Waals surface area contributed by atoms with Crippen LogP contribution in [0.25, 0.3) is 0 Å². The van der Waals surface area contributed by atoms with Crippen LogP contribution in [0.15, 0.2) is 46.6 Å². The molecule has 2 aliphatic heterocycles. The molecule has 1 saturated heterocycles. The molecule has 1 aromatic rings. The Morgan fingerprint density at radius 2 is 2.00 bits per heavy atom. The monoisotopic (exact) mass is 304 g/mol. The van der Waals surface area contributed by atoms with Gasteiger partial charge in [-0.2, -0.15) is 0 Å². The van der Waals surface area contributed by atoms with Crippen molar-refractivity contribution in [1.82, 2.24) is 4.90 Å². The number of aliphatic imine (C=N–C) groups is 1. The third-order valence-corrected chi connectivity index (χ3v) is 4.73. The molecule has 0 N–H and O–H groups in total. The molecule has 0 spiro atoms. The third-order valence-electron chi connectivity index (χ3n) is 3.73. The van der Waals surface area contributed by atoms with E-state index in [-0.39, 0.29) is 6.29 Å². The number of thioether (sulfide) groups is 1. The Balaban J connectivity index is 1.92. The number of methoxy groups -OCH3 is 2. The van der Waals surface area contributed by atoms with Crippen LogP contribution in [-0.4, -0.2) is 49.4 Å². The van der Waals surface area contributed by atoms with Crippen molar-refractivity contribution in [2.45, 2.75) is 12.7 Å². The summed E-state index contributed by atoms with van der Waals surface area (Å²) in [5.41, 5.74) is 3.51. The molecule has 1 aromatic carbocycles. The standard InChI is InChI=1S/C16H20N2O2S/c1-19-15(20-2)14-13(10-12-6-4-3-5-7-12)11-18-8-9-21-16(18)17-14/h3-7,15H,8-11H2,1-2H3. The van der Waals surface area contributed by atoms with Crippen molar-refractivity contribution < 1.29 is 9.47 Å². The van der Waals surface area contributed by atoms with Gasteiger partial charge in [0.15, 0.2) is 5.17 Å². The molecule has 2 aliphatic rings. The molecule has 0 aromatic heterocycles. The molecule has 0 bridgehead atoms. The Hall–Kier alpha value is -1.30. The average molecular weight is 304 g/mol. The van der Waals surface area contributed by atoms with Gasteiger partial charge in [-0.25, -0.2) is 4.99 Å². The summed E-state index contributed by atoms with van der Waals surface area (Å²) in [7, 11) is 3.32. The van der Waals surface area contributed by atoms with Crippen molar-refractivity contribution in [3.63, 3.8) is 0 Å². The van der Waals surface area contributed by atoms with Gasteiger partial charge in [0.05, 0.1) is 0 Å². The third kappa shape index (κ3) is 3.15. The average Bonchev–Trinajstić information content (AvgIpc) is 2.97. The second-order valence-electron chi connectivity index (χ2n) is 5.12. The molecule has 0 radical (unpaired) electrons. The fraction of sp³-hybridized carbons (Fsp3) is 0.438. The van der Waals surface area contributed by atoms with Crippen LogP contribution in [-0.2, 0) is 15.9 Å². The van der Waals surface area contributed by atoms with E-state index in [4.69, 9.17) is 14.5 Å². The normalized spacial score (nSPS) is 18.2. The van der Waals surface area contributed by atoms with Gasteiger partial charge in [-0.1, -0.05) is 42.1 Å². The van der Waals surface area contributed by atoms with Crippen molar-refractivity contribution in [3.05, 3.63) is 47.2 Å². The summed E-state index contributed by atoms with van der Waals surface area (Å²) in [6, 6.07) is 10.5. The van der Waals surface area contributed by atoms with E-state index in [9.17, 15) is 0 Å². The summed E-state index contributed by atoms with van der Waals surface area (Å²) in [6.45, 7) is 1.99. The zero-order chi connectivity index (χ0) is 14.7. The Morgan fingerprint density at radius 3 is 2.71 bits per heavy atom. The number of fused-ring (bicyclic) bond motifs is 1. The molecule has 4 nitrogen and oxygen atoms in total. The second-order valence-corrected chi connectivity index (χ2v) is 6.18. The van der Waals surface area contributed by atoms with E-state index in [1.54, 1.807) is 14.2 Å². The van der Waals surface area contributed by atoms with E-state index in [1.807, 2.05) is 17.8 Å². The van der Waals surface area contributed by atoms with Crippen LogP contribution in [0, 0.1) is 0 Å². The quantitative estimate of drug-likeness (QED) is 0.783. The molecule has 0 atom stereocenters. The summed E-state index contributed by atoms with van der Waals surface area (Å²) < 4.78 is 10.9. The number of ether oxygens (including phenoxy) is 2. The largest absolute Gasteiger partial charge is 0.350 e. The van der Waals surface area contributed by atoms with Crippen LogP contribution in [0.5, 0.6) is 0 Å². The highest BCUT2D eigenvalue weighted by molar-refractivity contribution is 8.14. The number of benzene rings is 1. The first kappa shape index (κ1) is 14.6. The zero-order valence-corrected chi connectivity index (χ0v) is 13.2. The Labute approximate surface area is 129 Å². The maximum atomic E-state index is 5.44. The Kier molecular flexibility index (Phi) is 4.63. The first-order chi connectivity index (χ1) is 10.3. The Bertz CT molecular complexity index is 553. The summed E-state index contributed by atoms with van der Waals surface area (Å²) in [5.74, 6) is 1.11. The molecule has 5 heteroatoms. The zero-order valence-electron chi connectivity index (χ0n) is 12.4. The molecule has 2 heterocycles. The highest BCUT2D eigenvalue weighted by Crippen LogP contribution is 2.30. The topological polar surface area (TPSA) is 34.1 Å². The van der Waals surface area contributed by atoms with Crippen molar-refractivity contribution >= 4 is 16.9 Å². The van der Waals surface area contributed by atoms with Gasteiger partial charge < -0.3 is 14.4 Å². The van der Waals surface area contributed by atoms with E-state index in [1.165, 1.54) is 11.1 Å². The van der Waals surface area contributed by atoms with Crippen molar-refractivity contribution in [3.8, 4) is 0 Å². The second kappa shape index (κ2) is 6.64. The molecule has 3 rings (SSSR count). The van der Waals surface area contributed by atoms with Gasteiger partial charge in [-0.15, -0.1) is 0 Å². The maximum Gasteiger partial charge on any atom is 0.200 e. The minimum absolute atomic E-state index is 0.389. The maximum absolute atomic E-state index is 5.44. The minimum atomic E-state index is -0.389. The lowest BCUT2D eigenvalue weighted by atomic mass is 10.0. The number of amidine groups is 1. The van der Waals surface area contributed by atoms with Gasteiger partial charge in [-0.05, 0) is 17.6 Å². The molecule has 0 unspecified atom stereocenters. The molecular formula is C16H20N2O2S. The number of hydrogen-bond acceptors (Lipinski definition) is 5. The van der Waals surface area contributed by atoms with Crippen LogP contribution >= 0.6 is 11.8 Å². The van der Waals surface area contributed by atoms with Crippen molar-refractivity contribution in [2.24, 2.45) is 4.99 Å². The highest BCUT2D eigenvalue weighted by atomic mass is 32.2. The van der Waals surface area contributed by atoms with Crippen molar-refractivity contribution in [2.75, 3.05) is 33.1 Å². The number of hydrogen-bond donors (Lipinski definition) is 0. The lowest BCUT2D eigenvalue weighted by molar-refractivity contribution is -0.0765. The molecule has 1 fully saturated rings. The molecular weight excluding hydrogens is 284 g/mol. The van der Waals surface area contributed by atoms with Gasteiger partial charge in [0.2, 0.25) is 6.29 Å². The lowest BCUT2D eigenvalue weighted by Gasteiger charge is -2.29. The van der Waals surface area contributed by atoms with Gasteiger partial charge in [-0.3, -0.25) is 0 Å². The van der Waals surface area contributed by atoms with Crippen molar-refractivity contribution in [1.29, 1.82) is 0 Å². The summed E-state index contributed by atoms with van der Waals surface area (Å²) in [6.07, 6.45) is 0.497. The number of rotatable bonds is 5. The summed E-state index contributed by atoms with van der Waals surface area (Å²) in [5, 5.41) is 1.10. The summed E-state index contributed by atoms with van der Waals surface area (Å²) in [4.78, 5) is 7.14. The fourth-order valence-corrected chi connectivity index (χ4v) is 3.70. The minimum Gasteiger partial charge on any atom is -0.350 e. The smallest absolute Gasteiger partial charge is 0.200 e. The Morgan fingerprint density at radius 1 is 1.24 bits per heavy atom. The van der Waals surface area contributed by atoms with E-state index >= 15 is 0 Å². The molecule has 21 heavy (non-hydrogen) atoms. The van der Waals surface area contributed by atoms with E-state index in [0.717, 1.165) is 36.1 Å². The molecule has 0 saturated carbocycles. The number of nitrogens with zero attached hydrogens (tertiary/aromatic N) is 2. The van der Waals surface area contributed by atoms with Crippen LogP contribution in [0.1, 0.15) is 5.56 Å². The van der Waals surface area contributed by atoms with E-state index < -0.39 is 0 Å². The van der Waals surface area contributed by atoms with E-state index in [2.05, 4.69) is 29.2 Å². The van der Waals surface area contributed by atoms with Crippen LogP contribution in [0.3, 0.4) is 0 Å². The molecule has 112 valence electrons. The fourth-order valence-electron chi connectivity index (χ4n) is 2.70. The SMILES string of the molecule is COC(OC)C1=C(Cc2ccccc2)CN2CCSC2=N1. The van der Waals surface area contributed by atoms with Crippen LogP contribution < -0.4 is 0 Å². The van der Waals surface area contributed by atoms with Crippen LogP contribution in [0.4, 0.5) is 0 Å². The lowest BCUT2D eigenvalue weighted by Crippen LogP contribution is -2.34. The summed E-state index contributed by atoms with van der Waals surface area (Å²) >= 11 is 1.81. The van der Waals surface area contributed by atoms with Gasteiger partial charge in [0.25, 0.3) is 0 Å². The highest BCUT2D eigenvalue weighted by Gasteiger charge is 2.29. The van der Waals surface area contributed by atoms with E-state index in [0.29, 0.717) is 0 Å². The molecule has 0 aliphatic carbocycles. The molecule has 0 amide bonds. The van der Waals surface area contributed by atoms with Crippen LogP contribution in [0.2, 0.25) is 0 Å². The first-order valence-electron chi connectivity index (χ1n) is 7.09. The van der Waals surface area contributed by atoms with Gasteiger partial charge in [0.1, 0.15) is 5.70 Å². The van der Waals surface area contributed by atoms with Gasteiger partial charge in [0, 0.05) is 33.1 Å². The first-order valence-corrected chi connectivity index (χ1v) is 8.08. The predicted molar refractivity (Wildman–Crippen MR) is 86.4 cm³/mol.